The highest BCUT2D eigenvalue weighted by molar-refractivity contribution is 14.1. The van der Waals surface area contributed by atoms with Crippen molar-refractivity contribution in [2.75, 3.05) is 13.7 Å². The highest BCUT2D eigenvalue weighted by atomic mass is 127. The van der Waals surface area contributed by atoms with Crippen molar-refractivity contribution >= 4 is 28.6 Å². The van der Waals surface area contributed by atoms with Gasteiger partial charge in [0.15, 0.2) is 0 Å². The quantitative estimate of drug-likeness (QED) is 0.675. The van der Waals surface area contributed by atoms with Crippen LogP contribution in [0.5, 0.6) is 0 Å². The summed E-state index contributed by atoms with van der Waals surface area (Å²) in [5, 5.41) is 3.38. The van der Waals surface area contributed by atoms with Crippen molar-refractivity contribution in [3.05, 3.63) is 33.4 Å². The summed E-state index contributed by atoms with van der Waals surface area (Å²) in [4.78, 5) is 11.9. The molecule has 0 radical (unpaired) electrons. The van der Waals surface area contributed by atoms with Gasteiger partial charge in [-0.15, -0.1) is 0 Å². The fraction of sp³-hybridized carbons (Fsp3) is 0.462. The van der Waals surface area contributed by atoms with Gasteiger partial charge in [0.2, 0.25) is 0 Å². The Labute approximate surface area is 115 Å². The molecule has 2 atom stereocenters. The second kappa shape index (κ2) is 5.82. The lowest BCUT2D eigenvalue weighted by Gasteiger charge is -2.21. The molecule has 3 nitrogen and oxygen atoms in total. The number of carbonyl (C=O) groups is 1. The minimum atomic E-state index is -0.181. The number of carbonyl (C=O) groups excluding carboxylic acids is 1. The molecule has 0 bridgehead atoms. The molecule has 17 heavy (non-hydrogen) atoms. The topological polar surface area (TPSA) is 38.3 Å². The van der Waals surface area contributed by atoms with E-state index in [-0.39, 0.29) is 17.9 Å². The molecule has 1 saturated heterocycles. The number of esters is 1. The minimum Gasteiger partial charge on any atom is -0.469 e. The lowest BCUT2D eigenvalue weighted by molar-refractivity contribution is -0.143. The third-order valence-corrected chi connectivity index (χ3v) is 3.90. The standard InChI is InChI=1S/C13H16INO2/c1-17-13(16)12(11-3-2-8-15-11)9-4-6-10(14)7-5-9/h4-7,11-12,15H,2-3,8H2,1H3/t11-,12+/m1/s1. The van der Waals surface area contributed by atoms with Crippen LogP contribution in [0, 0.1) is 3.57 Å². The number of benzene rings is 1. The van der Waals surface area contributed by atoms with E-state index in [2.05, 4.69) is 27.9 Å². The predicted molar refractivity (Wildman–Crippen MR) is 74.9 cm³/mol. The number of methoxy groups -OCH3 is 1. The molecule has 1 aromatic rings. The summed E-state index contributed by atoms with van der Waals surface area (Å²) in [6, 6.07) is 8.30. The molecule has 1 aliphatic rings. The van der Waals surface area contributed by atoms with Crippen molar-refractivity contribution in [3.8, 4) is 0 Å². The number of nitrogens with one attached hydrogen (secondary N) is 1. The van der Waals surface area contributed by atoms with E-state index >= 15 is 0 Å². The summed E-state index contributed by atoms with van der Waals surface area (Å²) in [7, 11) is 1.46. The minimum absolute atomic E-state index is 0.148. The highest BCUT2D eigenvalue weighted by Crippen LogP contribution is 2.27. The first-order valence-electron chi connectivity index (χ1n) is 5.79. The van der Waals surface area contributed by atoms with Crippen molar-refractivity contribution in [2.24, 2.45) is 0 Å². The summed E-state index contributed by atoms with van der Waals surface area (Å²) in [6.45, 7) is 0.989. The number of hydrogen-bond donors (Lipinski definition) is 1. The first kappa shape index (κ1) is 12.8. The van der Waals surface area contributed by atoms with E-state index in [0.717, 1.165) is 24.9 Å². The Bertz CT molecular complexity index is 385. The Morgan fingerprint density at radius 2 is 2.18 bits per heavy atom. The van der Waals surface area contributed by atoms with Gasteiger partial charge in [0.05, 0.1) is 13.0 Å². The maximum atomic E-state index is 11.9. The molecule has 92 valence electrons. The number of rotatable bonds is 3. The second-order valence-corrected chi connectivity index (χ2v) is 5.50. The van der Waals surface area contributed by atoms with Crippen LogP contribution in [0.15, 0.2) is 24.3 Å². The van der Waals surface area contributed by atoms with E-state index in [1.165, 1.54) is 10.7 Å². The molecule has 1 heterocycles. The van der Waals surface area contributed by atoms with Gasteiger partial charge in [-0.25, -0.2) is 0 Å². The molecule has 0 aromatic heterocycles. The van der Waals surface area contributed by atoms with Gasteiger partial charge in [0, 0.05) is 9.61 Å². The van der Waals surface area contributed by atoms with Gasteiger partial charge in [0.25, 0.3) is 0 Å². The van der Waals surface area contributed by atoms with Crippen molar-refractivity contribution < 1.29 is 9.53 Å². The number of ether oxygens (including phenoxy) is 1. The lowest BCUT2D eigenvalue weighted by atomic mass is 9.90. The fourth-order valence-corrected chi connectivity index (χ4v) is 2.69. The third kappa shape index (κ3) is 2.98. The Balaban J connectivity index is 2.25. The van der Waals surface area contributed by atoms with Gasteiger partial charge in [-0.3, -0.25) is 4.79 Å². The average Bonchev–Trinajstić information content (AvgIpc) is 2.85. The lowest BCUT2D eigenvalue weighted by Crippen LogP contribution is -2.34. The van der Waals surface area contributed by atoms with Crippen LogP contribution >= 0.6 is 22.6 Å². The summed E-state index contributed by atoms with van der Waals surface area (Å²) in [5.41, 5.74) is 1.04. The molecule has 0 amide bonds. The van der Waals surface area contributed by atoms with Crippen LogP contribution in [0.1, 0.15) is 24.3 Å². The maximum absolute atomic E-state index is 11.9. The van der Waals surface area contributed by atoms with Crippen LogP contribution in [0.2, 0.25) is 0 Å². The van der Waals surface area contributed by atoms with Gasteiger partial charge >= 0.3 is 5.97 Å². The van der Waals surface area contributed by atoms with E-state index in [1.54, 1.807) is 0 Å². The van der Waals surface area contributed by atoms with Crippen molar-refractivity contribution in [2.45, 2.75) is 24.8 Å². The zero-order valence-electron chi connectivity index (χ0n) is 9.78. The normalized spacial score (nSPS) is 21.2. The smallest absolute Gasteiger partial charge is 0.314 e. The fourth-order valence-electron chi connectivity index (χ4n) is 2.33. The molecule has 1 aliphatic heterocycles. The van der Waals surface area contributed by atoms with Gasteiger partial charge in [-0.2, -0.15) is 0 Å². The summed E-state index contributed by atoms with van der Waals surface area (Å²) in [5.74, 6) is -0.329. The highest BCUT2D eigenvalue weighted by Gasteiger charge is 2.32. The van der Waals surface area contributed by atoms with Crippen LogP contribution in [0.25, 0.3) is 0 Å². The molecule has 2 rings (SSSR count). The predicted octanol–water partition coefficient (Wildman–Crippen LogP) is 2.30. The average molecular weight is 345 g/mol. The summed E-state index contributed by atoms with van der Waals surface area (Å²) in [6.07, 6.45) is 2.16. The van der Waals surface area contributed by atoms with Crippen LogP contribution < -0.4 is 5.32 Å². The Morgan fingerprint density at radius 3 is 2.71 bits per heavy atom. The summed E-state index contributed by atoms with van der Waals surface area (Å²) >= 11 is 2.26. The van der Waals surface area contributed by atoms with Crippen LogP contribution in [-0.4, -0.2) is 25.7 Å². The van der Waals surface area contributed by atoms with Crippen molar-refractivity contribution in [1.82, 2.24) is 5.32 Å². The van der Waals surface area contributed by atoms with Gasteiger partial charge in [-0.1, -0.05) is 12.1 Å². The van der Waals surface area contributed by atoms with E-state index in [0.29, 0.717) is 0 Å². The Morgan fingerprint density at radius 1 is 1.47 bits per heavy atom. The monoisotopic (exact) mass is 345 g/mol. The van der Waals surface area contributed by atoms with E-state index in [9.17, 15) is 4.79 Å². The Hall–Kier alpha value is -0.620. The molecule has 1 fully saturated rings. The van der Waals surface area contributed by atoms with E-state index < -0.39 is 0 Å². The second-order valence-electron chi connectivity index (χ2n) is 4.26. The zero-order valence-corrected chi connectivity index (χ0v) is 11.9. The van der Waals surface area contributed by atoms with Crippen molar-refractivity contribution in [3.63, 3.8) is 0 Å². The first-order valence-corrected chi connectivity index (χ1v) is 6.87. The molecule has 0 spiro atoms. The summed E-state index contributed by atoms with van der Waals surface area (Å²) < 4.78 is 6.10. The van der Waals surface area contributed by atoms with Gasteiger partial charge in [0.1, 0.15) is 0 Å². The van der Waals surface area contributed by atoms with Crippen LogP contribution in [-0.2, 0) is 9.53 Å². The zero-order chi connectivity index (χ0) is 12.3. The SMILES string of the molecule is COC(=O)[C@@H](c1ccc(I)cc1)[C@H]1CCCN1. The Kier molecular flexibility index (Phi) is 4.39. The molecule has 1 aromatic carbocycles. The molecular weight excluding hydrogens is 329 g/mol. The molecule has 0 unspecified atom stereocenters. The molecule has 4 heteroatoms. The largest absolute Gasteiger partial charge is 0.469 e. The van der Waals surface area contributed by atoms with Crippen LogP contribution in [0.4, 0.5) is 0 Å². The maximum Gasteiger partial charge on any atom is 0.314 e. The molecule has 0 aliphatic carbocycles. The van der Waals surface area contributed by atoms with E-state index in [1.807, 2.05) is 24.3 Å². The molecular formula is C13H16INO2. The molecule has 1 N–H and O–H groups in total. The van der Waals surface area contributed by atoms with Crippen molar-refractivity contribution in [1.29, 1.82) is 0 Å². The first-order chi connectivity index (χ1) is 8.22. The van der Waals surface area contributed by atoms with Gasteiger partial charge < -0.3 is 10.1 Å². The van der Waals surface area contributed by atoms with Crippen LogP contribution in [0.3, 0.4) is 0 Å². The number of halogens is 1. The van der Waals surface area contributed by atoms with Gasteiger partial charge in [-0.05, 0) is 59.7 Å². The molecule has 0 saturated carbocycles. The van der Waals surface area contributed by atoms with E-state index in [4.69, 9.17) is 4.74 Å². The number of hydrogen-bond acceptors (Lipinski definition) is 3. The third-order valence-electron chi connectivity index (χ3n) is 3.19.